The highest BCUT2D eigenvalue weighted by Crippen LogP contribution is 2.39. The van der Waals surface area contributed by atoms with E-state index in [0.29, 0.717) is 0 Å². The quantitative estimate of drug-likeness (QED) is 0.747. The molecule has 3 heteroatoms. The van der Waals surface area contributed by atoms with E-state index >= 15 is 0 Å². The number of benzene rings is 2. The van der Waals surface area contributed by atoms with Crippen molar-refractivity contribution in [1.82, 2.24) is 0 Å². The maximum atomic E-state index is 5.48. The molecule has 0 bridgehead atoms. The average molecular weight is 335 g/mol. The summed E-state index contributed by atoms with van der Waals surface area (Å²) in [4.78, 5) is 0.101. The smallest absolute Gasteiger partial charge is 0.127 e. The maximum absolute atomic E-state index is 5.48. The minimum atomic E-state index is 0.101. The van der Waals surface area contributed by atoms with Gasteiger partial charge in [-0.2, -0.15) is 0 Å². The van der Waals surface area contributed by atoms with Gasteiger partial charge in [0.25, 0.3) is 0 Å². The first-order valence-electron chi connectivity index (χ1n) is 6.50. The second-order valence-corrected chi connectivity index (χ2v) is 5.75. The number of hydrogen-bond acceptors (Lipinski definition) is 2. The number of rotatable bonds is 4. The SMILES string of the molecule is COc1ccc(C(Br)c2ccc(C)cc2C)c(OC)c1. The molecular weight excluding hydrogens is 316 g/mol. The van der Waals surface area contributed by atoms with Crippen molar-refractivity contribution in [2.45, 2.75) is 18.7 Å². The molecule has 2 aromatic rings. The highest BCUT2D eigenvalue weighted by molar-refractivity contribution is 9.09. The fourth-order valence-corrected chi connectivity index (χ4v) is 3.20. The lowest BCUT2D eigenvalue weighted by molar-refractivity contribution is 0.391. The molecule has 0 aromatic heterocycles. The van der Waals surface area contributed by atoms with Crippen molar-refractivity contribution >= 4 is 15.9 Å². The molecule has 2 rings (SSSR count). The predicted molar refractivity (Wildman–Crippen MR) is 86.2 cm³/mol. The van der Waals surface area contributed by atoms with Crippen molar-refractivity contribution in [1.29, 1.82) is 0 Å². The van der Waals surface area contributed by atoms with E-state index in [9.17, 15) is 0 Å². The third-order valence-electron chi connectivity index (χ3n) is 3.41. The van der Waals surface area contributed by atoms with Gasteiger partial charge in [0.05, 0.1) is 19.0 Å². The molecule has 0 saturated heterocycles. The molecule has 0 spiro atoms. The van der Waals surface area contributed by atoms with Crippen molar-refractivity contribution < 1.29 is 9.47 Å². The van der Waals surface area contributed by atoms with Gasteiger partial charge in [-0.1, -0.05) is 45.8 Å². The molecule has 0 saturated carbocycles. The van der Waals surface area contributed by atoms with Crippen LogP contribution >= 0.6 is 15.9 Å². The molecule has 106 valence electrons. The van der Waals surface area contributed by atoms with Gasteiger partial charge in [-0.3, -0.25) is 0 Å². The van der Waals surface area contributed by atoms with Crippen molar-refractivity contribution in [2.24, 2.45) is 0 Å². The molecule has 20 heavy (non-hydrogen) atoms. The highest BCUT2D eigenvalue weighted by Gasteiger charge is 2.17. The Balaban J connectivity index is 2.44. The van der Waals surface area contributed by atoms with Gasteiger partial charge in [0.15, 0.2) is 0 Å². The van der Waals surface area contributed by atoms with Crippen LogP contribution in [0.1, 0.15) is 27.1 Å². The first-order valence-corrected chi connectivity index (χ1v) is 7.41. The van der Waals surface area contributed by atoms with Gasteiger partial charge < -0.3 is 9.47 Å². The second-order valence-electron chi connectivity index (χ2n) is 4.83. The Morgan fingerprint density at radius 2 is 1.60 bits per heavy atom. The van der Waals surface area contributed by atoms with Crippen LogP contribution in [0.15, 0.2) is 36.4 Å². The van der Waals surface area contributed by atoms with Crippen LogP contribution in [-0.4, -0.2) is 14.2 Å². The Labute approximate surface area is 128 Å². The van der Waals surface area contributed by atoms with Crippen molar-refractivity contribution in [2.75, 3.05) is 14.2 Å². The molecule has 0 fully saturated rings. The fourth-order valence-electron chi connectivity index (χ4n) is 2.31. The van der Waals surface area contributed by atoms with E-state index in [1.807, 2.05) is 18.2 Å². The summed E-state index contributed by atoms with van der Waals surface area (Å²) in [6, 6.07) is 12.4. The first-order chi connectivity index (χ1) is 9.56. The fraction of sp³-hybridized carbons (Fsp3) is 0.294. The van der Waals surface area contributed by atoms with Crippen molar-refractivity contribution in [3.05, 3.63) is 58.7 Å². The van der Waals surface area contributed by atoms with Crippen LogP contribution in [0.5, 0.6) is 11.5 Å². The van der Waals surface area contributed by atoms with Gasteiger partial charge in [0, 0.05) is 11.6 Å². The number of aryl methyl sites for hydroxylation is 2. The molecule has 2 aromatic carbocycles. The summed E-state index contributed by atoms with van der Waals surface area (Å²) in [6.45, 7) is 4.24. The zero-order valence-corrected chi connectivity index (χ0v) is 13.8. The molecule has 0 N–H and O–H groups in total. The molecule has 0 aliphatic rings. The van der Waals surface area contributed by atoms with Gasteiger partial charge in [-0.15, -0.1) is 0 Å². The Morgan fingerprint density at radius 3 is 2.20 bits per heavy atom. The average Bonchev–Trinajstić information content (AvgIpc) is 2.46. The van der Waals surface area contributed by atoms with E-state index in [4.69, 9.17) is 9.47 Å². The Bertz CT molecular complexity index is 608. The molecule has 0 amide bonds. The molecule has 2 nitrogen and oxygen atoms in total. The van der Waals surface area contributed by atoms with E-state index < -0.39 is 0 Å². The Hall–Kier alpha value is -1.48. The van der Waals surface area contributed by atoms with Crippen LogP contribution in [-0.2, 0) is 0 Å². The Morgan fingerprint density at radius 1 is 0.900 bits per heavy atom. The summed E-state index contributed by atoms with van der Waals surface area (Å²) in [5.41, 5.74) is 4.89. The zero-order valence-electron chi connectivity index (χ0n) is 12.2. The monoisotopic (exact) mass is 334 g/mol. The van der Waals surface area contributed by atoms with Crippen LogP contribution in [0.4, 0.5) is 0 Å². The summed E-state index contributed by atoms with van der Waals surface area (Å²) >= 11 is 3.79. The minimum absolute atomic E-state index is 0.101. The predicted octanol–water partition coefficient (Wildman–Crippen LogP) is 4.80. The summed E-state index contributed by atoms with van der Waals surface area (Å²) in [5.74, 6) is 1.62. The molecular formula is C17H19BrO2. The molecule has 1 unspecified atom stereocenters. The van der Waals surface area contributed by atoms with E-state index in [0.717, 1.165) is 17.1 Å². The van der Waals surface area contributed by atoms with E-state index in [1.54, 1.807) is 14.2 Å². The maximum Gasteiger partial charge on any atom is 0.127 e. The lowest BCUT2D eigenvalue weighted by Crippen LogP contribution is -2.00. The molecule has 0 radical (unpaired) electrons. The van der Waals surface area contributed by atoms with Gasteiger partial charge in [0.2, 0.25) is 0 Å². The van der Waals surface area contributed by atoms with E-state index in [-0.39, 0.29) is 4.83 Å². The Kier molecular flexibility index (Phi) is 4.71. The van der Waals surface area contributed by atoms with E-state index in [2.05, 4.69) is 48.0 Å². The number of hydrogen-bond donors (Lipinski definition) is 0. The third kappa shape index (κ3) is 2.98. The van der Waals surface area contributed by atoms with Crippen LogP contribution < -0.4 is 9.47 Å². The van der Waals surface area contributed by atoms with Crippen LogP contribution in [0.3, 0.4) is 0 Å². The highest BCUT2D eigenvalue weighted by atomic mass is 79.9. The summed E-state index contributed by atoms with van der Waals surface area (Å²) in [5, 5.41) is 0. The van der Waals surface area contributed by atoms with Crippen LogP contribution in [0, 0.1) is 13.8 Å². The van der Waals surface area contributed by atoms with Crippen LogP contribution in [0.25, 0.3) is 0 Å². The minimum Gasteiger partial charge on any atom is -0.497 e. The van der Waals surface area contributed by atoms with Crippen molar-refractivity contribution in [3.8, 4) is 11.5 Å². The standard InChI is InChI=1S/C17H19BrO2/c1-11-5-7-14(12(2)9-11)17(18)15-8-6-13(19-3)10-16(15)20-4/h5-10,17H,1-4H3. The molecule has 0 aliphatic heterocycles. The van der Waals surface area contributed by atoms with Crippen molar-refractivity contribution in [3.63, 3.8) is 0 Å². The second kappa shape index (κ2) is 6.31. The van der Waals surface area contributed by atoms with Gasteiger partial charge in [-0.05, 0) is 31.0 Å². The van der Waals surface area contributed by atoms with Gasteiger partial charge in [-0.25, -0.2) is 0 Å². The van der Waals surface area contributed by atoms with Gasteiger partial charge >= 0.3 is 0 Å². The third-order valence-corrected chi connectivity index (χ3v) is 4.40. The molecule has 1 atom stereocenters. The topological polar surface area (TPSA) is 18.5 Å². The largest absolute Gasteiger partial charge is 0.497 e. The lowest BCUT2D eigenvalue weighted by atomic mass is 9.98. The number of halogens is 1. The normalized spacial score (nSPS) is 12.1. The first kappa shape index (κ1) is 14.9. The van der Waals surface area contributed by atoms with Gasteiger partial charge in [0.1, 0.15) is 11.5 Å². The van der Waals surface area contributed by atoms with E-state index in [1.165, 1.54) is 16.7 Å². The number of alkyl halides is 1. The lowest BCUT2D eigenvalue weighted by Gasteiger charge is -2.17. The molecule has 0 heterocycles. The number of ether oxygens (including phenoxy) is 2. The zero-order chi connectivity index (χ0) is 14.7. The summed E-state index contributed by atoms with van der Waals surface area (Å²) < 4.78 is 10.7. The molecule has 0 aliphatic carbocycles. The number of methoxy groups -OCH3 is 2. The summed E-state index contributed by atoms with van der Waals surface area (Å²) in [6.07, 6.45) is 0. The van der Waals surface area contributed by atoms with Crippen LogP contribution in [0.2, 0.25) is 0 Å². The summed E-state index contributed by atoms with van der Waals surface area (Å²) in [7, 11) is 3.34.